The standard InChI is InChI=1S/C22H22N4O3/c1-28-19-4-6-20-16(14-19)13-17(15-23)22(24-20)26-10-8-25(9-11-26)21(27)7-5-18-3-2-12-29-18/h2-4,6,12-14H,5,7-11H2,1H3. The topological polar surface area (TPSA) is 82.6 Å². The van der Waals surface area contributed by atoms with Crippen LogP contribution < -0.4 is 9.64 Å². The maximum atomic E-state index is 12.5. The van der Waals surface area contributed by atoms with Gasteiger partial charge in [0.05, 0.1) is 24.5 Å². The van der Waals surface area contributed by atoms with E-state index >= 15 is 0 Å². The van der Waals surface area contributed by atoms with Crippen molar-refractivity contribution >= 4 is 22.6 Å². The number of ether oxygens (including phenoxy) is 1. The van der Waals surface area contributed by atoms with Gasteiger partial charge >= 0.3 is 0 Å². The Morgan fingerprint density at radius 1 is 1.24 bits per heavy atom. The van der Waals surface area contributed by atoms with Crippen molar-refractivity contribution in [1.82, 2.24) is 9.88 Å². The Hall–Kier alpha value is -3.53. The number of rotatable bonds is 5. The summed E-state index contributed by atoms with van der Waals surface area (Å²) in [6.45, 7) is 2.53. The largest absolute Gasteiger partial charge is 0.497 e. The molecule has 0 aliphatic carbocycles. The average Bonchev–Trinajstić information content (AvgIpc) is 3.30. The van der Waals surface area contributed by atoms with E-state index in [1.54, 1.807) is 13.4 Å². The van der Waals surface area contributed by atoms with Crippen LogP contribution in [0.3, 0.4) is 0 Å². The van der Waals surface area contributed by atoms with Gasteiger partial charge in [-0.15, -0.1) is 0 Å². The van der Waals surface area contributed by atoms with Crippen LogP contribution in [-0.2, 0) is 11.2 Å². The number of anilines is 1. The number of aromatic nitrogens is 1. The summed E-state index contributed by atoms with van der Waals surface area (Å²) in [5, 5.41) is 10.5. The Morgan fingerprint density at radius 2 is 2.07 bits per heavy atom. The molecule has 1 saturated heterocycles. The van der Waals surface area contributed by atoms with E-state index in [0.29, 0.717) is 50.4 Å². The maximum absolute atomic E-state index is 12.5. The van der Waals surface area contributed by atoms with Crippen molar-refractivity contribution < 1.29 is 13.9 Å². The minimum atomic E-state index is 0.125. The zero-order valence-electron chi connectivity index (χ0n) is 16.3. The Kier molecular flexibility index (Phi) is 5.34. The van der Waals surface area contributed by atoms with Gasteiger partial charge in [0.2, 0.25) is 5.91 Å². The second-order valence-electron chi connectivity index (χ2n) is 6.98. The molecule has 7 heteroatoms. The van der Waals surface area contributed by atoms with E-state index in [1.807, 2.05) is 41.3 Å². The fourth-order valence-electron chi connectivity index (χ4n) is 3.61. The van der Waals surface area contributed by atoms with Crippen LogP contribution in [0.15, 0.2) is 47.1 Å². The van der Waals surface area contributed by atoms with Gasteiger partial charge in [0.25, 0.3) is 0 Å². The third-order valence-corrected chi connectivity index (χ3v) is 5.22. The number of hydrogen-bond donors (Lipinski definition) is 0. The van der Waals surface area contributed by atoms with Crippen molar-refractivity contribution in [3.8, 4) is 11.8 Å². The number of nitrogens with zero attached hydrogens (tertiary/aromatic N) is 4. The summed E-state index contributed by atoms with van der Waals surface area (Å²) < 4.78 is 10.6. The Labute approximate surface area is 169 Å². The van der Waals surface area contributed by atoms with Gasteiger partial charge in [-0.05, 0) is 36.4 Å². The smallest absolute Gasteiger partial charge is 0.223 e. The minimum Gasteiger partial charge on any atom is -0.497 e. The number of piperazine rings is 1. The fourth-order valence-corrected chi connectivity index (χ4v) is 3.61. The van der Waals surface area contributed by atoms with Gasteiger partial charge in [0, 0.05) is 44.4 Å². The second kappa shape index (κ2) is 8.23. The highest BCUT2D eigenvalue weighted by atomic mass is 16.5. The molecule has 148 valence electrons. The molecule has 1 fully saturated rings. The number of benzene rings is 1. The number of fused-ring (bicyclic) bond motifs is 1. The Bertz CT molecular complexity index is 1050. The number of amides is 1. The lowest BCUT2D eigenvalue weighted by Gasteiger charge is -2.36. The van der Waals surface area contributed by atoms with Crippen LogP contribution in [0.2, 0.25) is 0 Å². The van der Waals surface area contributed by atoms with Crippen molar-refractivity contribution in [2.45, 2.75) is 12.8 Å². The van der Waals surface area contributed by atoms with Crippen molar-refractivity contribution in [2.24, 2.45) is 0 Å². The summed E-state index contributed by atoms with van der Waals surface area (Å²) in [6.07, 6.45) is 2.67. The number of hydrogen-bond acceptors (Lipinski definition) is 6. The predicted molar refractivity (Wildman–Crippen MR) is 109 cm³/mol. The van der Waals surface area contributed by atoms with Crippen LogP contribution in [0.5, 0.6) is 5.75 Å². The van der Waals surface area contributed by atoms with Gasteiger partial charge in [-0.25, -0.2) is 4.98 Å². The summed E-state index contributed by atoms with van der Waals surface area (Å²) in [7, 11) is 1.61. The first kappa shape index (κ1) is 18.8. The lowest BCUT2D eigenvalue weighted by Crippen LogP contribution is -2.49. The number of carbonyl (C=O) groups is 1. The lowest BCUT2D eigenvalue weighted by atomic mass is 10.1. The van der Waals surface area contributed by atoms with Crippen LogP contribution in [-0.4, -0.2) is 49.1 Å². The second-order valence-corrected chi connectivity index (χ2v) is 6.98. The Balaban J connectivity index is 1.44. The van der Waals surface area contributed by atoms with E-state index in [0.717, 1.165) is 22.4 Å². The van der Waals surface area contributed by atoms with Gasteiger partial charge in [-0.2, -0.15) is 5.26 Å². The predicted octanol–water partition coefficient (Wildman–Crippen LogP) is 2.99. The molecule has 1 aliphatic rings. The van der Waals surface area contributed by atoms with Crippen LogP contribution in [0.4, 0.5) is 5.82 Å². The van der Waals surface area contributed by atoms with E-state index in [4.69, 9.17) is 14.1 Å². The van der Waals surface area contributed by atoms with E-state index in [1.165, 1.54) is 0 Å². The third-order valence-electron chi connectivity index (χ3n) is 5.22. The summed E-state index contributed by atoms with van der Waals surface area (Å²) >= 11 is 0. The molecule has 1 aromatic carbocycles. The molecule has 0 unspecified atom stereocenters. The van der Waals surface area contributed by atoms with E-state index in [9.17, 15) is 10.1 Å². The number of carbonyl (C=O) groups excluding carboxylic acids is 1. The molecule has 1 aliphatic heterocycles. The summed E-state index contributed by atoms with van der Waals surface area (Å²) in [5.41, 5.74) is 1.35. The highest BCUT2D eigenvalue weighted by molar-refractivity contribution is 5.84. The quantitative estimate of drug-likeness (QED) is 0.666. The molecular formula is C22H22N4O3. The van der Waals surface area contributed by atoms with E-state index in [-0.39, 0.29) is 5.91 Å². The number of aryl methyl sites for hydroxylation is 1. The molecule has 0 spiro atoms. The van der Waals surface area contributed by atoms with E-state index in [2.05, 4.69) is 11.0 Å². The van der Waals surface area contributed by atoms with Crippen molar-refractivity contribution in [2.75, 3.05) is 38.2 Å². The van der Waals surface area contributed by atoms with Gasteiger partial charge in [-0.3, -0.25) is 4.79 Å². The molecule has 4 rings (SSSR count). The summed E-state index contributed by atoms with van der Waals surface area (Å²) in [6, 6.07) is 13.5. The minimum absolute atomic E-state index is 0.125. The molecule has 0 atom stereocenters. The van der Waals surface area contributed by atoms with Gasteiger partial charge in [0.15, 0.2) is 0 Å². The molecule has 0 saturated carbocycles. The van der Waals surface area contributed by atoms with E-state index < -0.39 is 0 Å². The molecule has 29 heavy (non-hydrogen) atoms. The van der Waals surface area contributed by atoms with Crippen LogP contribution in [0.25, 0.3) is 10.9 Å². The molecule has 0 bridgehead atoms. The third kappa shape index (κ3) is 4.02. The van der Waals surface area contributed by atoms with Crippen LogP contribution in [0, 0.1) is 11.3 Å². The van der Waals surface area contributed by atoms with Crippen molar-refractivity contribution in [3.63, 3.8) is 0 Å². The number of pyridine rings is 1. The normalized spacial score (nSPS) is 14.1. The molecule has 7 nitrogen and oxygen atoms in total. The summed E-state index contributed by atoms with van der Waals surface area (Å²) in [5.74, 6) is 2.36. The highest BCUT2D eigenvalue weighted by Gasteiger charge is 2.24. The monoisotopic (exact) mass is 390 g/mol. The number of methoxy groups -OCH3 is 1. The zero-order valence-corrected chi connectivity index (χ0v) is 16.3. The molecule has 0 N–H and O–H groups in total. The molecule has 0 radical (unpaired) electrons. The molecular weight excluding hydrogens is 368 g/mol. The average molecular weight is 390 g/mol. The molecule has 1 amide bonds. The number of nitriles is 1. The molecule has 3 heterocycles. The highest BCUT2D eigenvalue weighted by Crippen LogP contribution is 2.27. The lowest BCUT2D eigenvalue weighted by molar-refractivity contribution is -0.131. The fraction of sp³-hybridized carbons (Fsp3) is 0.318. The SMILES string of the molecule is COc1ccc2nc(N3CCN(C(=O)CCc4ccco4)CC3)c(C#N)cc2c1. The van der Waals surface area contributed by atoms with Crippen molar-refractivity contribution in [3.05, 3.63) is 54.0 Å². The Morgan fingerprint density at radius 3 is 2.76 bits per heavy atom. The first-order chi connectivity index (χ1) is 14.2. The van der Waals surface area contributed by atoms with Crippen molar-refractivity contribution in [1.29, 1.82) is 5.26 Å². The number of furan rings is 1. The summed E-state index contributed by atoms with van der Waals surface area (Å²) in [4.78, 5) is 21.2. The first-order valence-corrected chi connectivity index (χ1v) is 9.62. The first-order valence-electron chi connectivity index (χ1n) is 9.62. The van der Waals surface area contributed by atoms with Gasteiger partial charge in [-0.1, -0.05) is 0 Å². The maximum Gasteiger partial charge on any atom is 0.223 e. The van der Waals surface area contributed by atoms with Gasteiger partial charge in [0.1, 0.15) is 23.4 Å². The van der Waals surface area contributed by atoms with Crippen LogP contribution >= 0.6 is 0 Å². The van der Waals surface area contributed by atoms with Crippen LogP contribution in [0.1, 0.15) is 17.7 Å². The zero-order chi connectivity index (χ0) is 20.2. The molecule has 2 aromatic heterocycles. The van der Waals surface area contributed by atoms with Gasteiger partial charge < -0.3 is 19.0 Å². The molecule has 3 aromatic rings.